The van der Waals surface area contributed by atoms with Gasteiger partial charge in [0, 0.05) is 25.4 Å². The maximum Gasteiger partial charge on any atom is 0.123 e. The first-order valence-corrected chi connectivity index (χ1v) is 7.20. The Balaban J connectivity index is 1.93. The number of hydrogen-bond donors (Lipinski definition) is 0. The Bertz CT molecular complexity index is 694. The van der Waals surface area contributed by atoms with Crippen molar-refractivity contribution in [3.63, 3.8) is 0 Å². The van der Waals surface area contributed by atoms with Crippen LogP contribution in [0.2, 0.25) is 0 Å². The van der Waals surface area contributed by atoms with E-state index in [2.05, 4.69) is 42.1 Å². The lowest BCUT2D eigenvalue weighted by molar-refractivity contribution is 0.541. The second-order valence-corrected chi connectivity index (χ2v) is 6.56. The fourth-order valence-corrected chi connectivity index (χ4v) is 3.09. The van der Waals surface area contributed by atoms with E-state index < -0.39 is 0 Å². The van der Waals surface area contributed by atoms with Crippen LogP contribution in [0.1, 0.15) is 36.4 Å². The highest BCUT2D eigenvalue weighted by molar-refractivity contribution is 5.59. The van der Waals surface area contributed by atoms with Crippen molar-refractivity contribution in [1.29, 1.82) is 0 Å². The van der Waals surface area contributed by atoms with Crippen LogP contribution in [0, 0.1) is 12.7 Å². The standard InChI is InChI=1S/C17H20FN3/c1-11-7-13(18)6-5-12(11)8-14-9-15-16(20-19-14)17(2,3)10-21(15)4/h5-7,9H,8,10H2,1-4H3. The van der Waals surface area contributed by atoms with E-state index in [-0.39, 0.29) is 11.2 Å². The van der Waals surface area contributed by atoms with E-state index in [0.717, 1.165) is 34.7 Å². The monoisotopic (exact) mass is 285 g/mol. The molecule has 1 aromatic heterocycles. The molecule has 0 radical (unpaired) electrons. The summed E-state index contributed by atoms with van der Waals surface area (Å²) in [6, 6.07) is 7.00. The van der Waals surface area contributed by atoms with Crippen molar-refractivity contribution in [2.75, 3.05) is 18.5 Å². The van der Waals surface area contributed by atoms with E-state index in [1.165, 1.54) is 6.07 Å². The summed E-state index contributed by atoms with van der Waals surface area (Å²) in [4.78, 5) is 2.23. The first kappa shape index (κ1) is 14.0. The number of benzene rings is 1. The minimum absolute atomic E-state index is 0.0431. The molecular weight excluding hydrogens is 265 g/mol. The molecule has 0 unspecified atom stereocenters. The summed E-state index contributed by atoms with van der Waals surface area (Å²) in [5.41, 5.74) is 5.22. The third-order valence-corrected chi connectivity index (χ3v) is 4.19. The van der Waals surface area contributed by atoms with Gasteiger partial charge in [0.25, 0.3) is 0 Å². The minimum Gasteiger partial charge on any atom is -0.372 e. The summed E-state index contributed by atoms with van der Waals surface area (Å²) < 4.78 is 13.2. The van der Waals surface area contributed by atoms with Gasteiger partial charge in [0.15, 0.2) is 0 Å². The summed E-state index contributed by atoms with van der Waals surface area (Å²) in [5, 5.41) is 8.81. The number of hydrogen-bond acceptors (Lipinski definition) is 3. The van der Waals surface area contributed by atoms with Crippen molar-refractivity contribution >= 4 is 5.69 Å². The Morgan fingerprint density at radius 1 is 1.24 bits per heavy atom. The van der Waals surface area contributed by atoms with Gasteiger partial charge >= 0.3 is 0 Å². The zero-order valence-electron chi connectivity index (χ0n) is 12.9. The molecule has 1 aliphatic rings. The van der Waals surface area contributed by atoms with Crippen LogP contribution >= 0.6 is 0 Å². The van der Waals surface area contributed by atoms with Crippen molar-refractivity contribution in [2.45, 2.75) is 32.6 Å². The van der Waals surface area contributed by atoms with Gasteiger partial charge in [-0.3, -0.25) is 0 Å². The lowest BCUT2D eigenvalue weighted by atomic mass is 9.91. The largest absolute Gasteiger partial charge is 0.372 e. The number of fused-ring (bicyclic) bond motifs is 1. The van der Waals surface area contributed by atoms with E-state index in [1.54, 1.807) is 6.07 Å². The molecule has 0 saturated carbocycles. The van der Waals surface area contributed by atoms with E-state index in [1.807, 2.05) is 13.0 Å². The molecule has 21 heavy (non-hydrogen) atoms. The number of halogens is 1. The van der Waals surface area contributed by atoms with Gasteiger partial charge in [-0.1, -0.05) is 19.9 Å². The molecule has 0 aliphatic carbocycles. The molecule has 0 fully saturated rings. The normalized spacial score (nSPS) is 16.1. The van der Waals surface area contributed by atoms with Crippen molar-refractivity contribution in [3.8, 4) is 0 Å². The Morgan fingerprint density at radius 3 is 2.71 bits per heavy atom. The van der Waals surface area contributed by atoms with Crippen molar-refractivity contribution < 1.29 is 4.39 Å². The maximum atomic E-state index is 13.2. The van der Waals surface area contributed by atoms with Crippen LogP contribution in [0.15, 0.2) is 24.3 Å². The van der Waals surface area contributed by atoms with Gasteiger partial charge in [-0.2, -0.15) is 10.2 Å². The van der Waals surface area contributed by atoms with E-state index in [9.17, 15) is 4.39 Å². The fourth-order valence-electron chi connectivity index (χ4n) is 3.09. The molecule has 110 valence electrons. The van der Waals surface area contributed by atoms with Crippen molar-refractivity contribution in [3.05, 3.63) is 52.6 Å². The van der Waals surface area contributed by atoms with E-state index in [0.29, 0.717) is 6.42 Å². The molecule has 0 bridgehead atoms. The summed E-state index contributed by atoms with van der Waals surface area (Å²) in [6.07, 6.45) is 0.681. The summed E-state index contributed by atoms with van der Waals surface area (Å²) in [7, 11) is 2.09. The SMILES string of the molecule is Cc1cc(F)ccc1Cc1cc2c(nn1)C(C)(C)CN2C. The molecule has 3 rings (SSSR count). The fraction of sp³-hybridized carbons (Fsp3) is 0.412. The van der Waals surface area contributed by atoms with Crippen LogP contribution in [0.4, 0.5) is 10.1 Å². The van der Waals surface area contributed by atoms with E-state index in [4.69, 9.17) is 0 Å². The lowest BCUT2D eigenvalue weighted by Crippen LogP contribution is -2.25. The Kier molecular flexibility index (Phi) is 3.19. The first-order valence-electron chi connectivity index (χ1n) is 7.20. The predicted molar refractivity (Wildman–Crippen MR) is 82.3 cm³/mol. The number of anilines is 1. The number of likely N-dealkylation sites (N-methyl/N-ethyl adjacent to an activating group) is 1. The molecule has 2 heterocycles. The second kappa shape index (κ2) is 4.79. The van der Waals surface area contributed by atoms with Gasteiger partial charge in [-0.25, -0.2) is 4.39 Å². The molecule has 3 nitrogen and oxygen atoms in total. The Labute approximate surface area is 124 Å². The number of aromatic nitrogens is 2. The molecule has 0 spiro atoms. The van der Waals surface area contributed by atoms with Gasteiger partial charge in [0.1, 0.15) is 5.82 Å². The molecule has 4 heteroatoms. The smallest absolute Gasteiger partial charge is 0.123 e. The molecule has 2 aromatic rings. The van der Waals surface area contributed by atoms with Gasteiger partial charge in [-0.15, -0.1) is 0 Å². The third kappa shape index (κ3) is 2.50. The Hall–Kier alpha value is -1.97. The number of aryl methyl sites for hydroxylation is 1. The number of rotatable bonds is 2. The quantitative estimate of drug-likeness (QED) is 0.848. The predicted octanol–water partition coefficient (Wildman–Crippen LogP) is 3.24. The van der Waals surface area contributed by atoms with Gasteiger partial charge in [0.05, 0.1) is 17.1 Å². The summed E-state index contributed by atoms with van der Waals surface area (Å²) in [6.45, 7) is 7.26. The lowest BCUT2D eigenvalue weighted by Gasteiger charge is -2.16. The summed E-state index contributed by atoms with van der Waals surface area (Å²) >= 11 is 0. The average Bonchev–Trinajstić information content (AvgIpc) is 2.63. The van der Waals surface area contributed by atoms with Crippen LogP contribution < -0.4 is 4.90 Å². The van der Waals surface area contributed by atoms with Crippen LogP contribution in [0.5, 0.6) is 0 Å². The highest BCUT2D eigenvalue weighted by atomic mass is 19.1. The molecule has 0 saturated heterocycles. The van der Waals surface area contributed by atoms with Gasteiger partial charge in [0.2, 0.25) is 0 Å². The van der Waals surface area contributed by atoms with Crippen LogP contribution in [-0.4, -0.2) is 23.8 Å². The maximum absolute atomic E-state index is 13.2. The molecule has 1 aromatic carbocycles. The highest BCUT2D eigenvalue weighted by Gasteiger charge is 2.35. The third-order valence-electron chi connectivity index (χ3n) is 4.19. The Morgan fingerprint density at radius 2 is 2.00 bits per heavy atom. The average molecular weight is 285 g/mol. The molecule has 1 aliphatic heterocycles. The topological polar surface area (TPSA) is 29.0 Å². The first-order chi connectivity index (χ1) is 9.87. The molecule has 0 N–H and O–H groups in total. The zero-order chi connectivity index (χ0) is 15.2. The van der Waals surface area contributed by atoms with Crippen LogP contribution in [0.25, 0.3) is 0 Å². The van der Waals surface area contributed by atoms with Gasteiger partial charge in [-0.05, 0) is 36.2 Å². The van der Waals surface area contributed by atoms with Crippen molar-refractivity contribution in [2.24, 2.45) is 0 Å². The molecule has 0 amide bonds. The van der Waals surface area contributed by atoms with Crippen LogP contribution in [-0.2, 0) is 11.8 Å². The minimum atomic E-state index is -0.197. The van der Waals surface area contributed by atoms with Crippen molar-refractivity contribution in [1.82, 2.24) is 10.2 Å². The highest BCUT2D eigenvalue weighted by Crippen LogP contribution is 2.37. The zero-order valence-corrected chi connectivity index (χ0v) is 12.9. The number of nitrogens with zero attached hydrogens (tertiary/aromatic N) is 3. The van der Waals surface area contributed by atoms with E-state index >= 15 is 0 Å². The van der Waals surface area contributed by atoms with Gasteiger partial charge < -0.3 is 4.90 Å². The summed E-state index contributed by atoms with van der Waals surface area (Å²) in [5.74, 6) is -0.197. The molecule has 0 atom stereocenters. The molecular formula is C17H20FN3. The second-order valence-electron chi connectivity index (χ2n) is 6.56. The van der Waals surface area contributed by atoms with Crippen LogP contribution in [0.3, 0.4) is 0 Å².